The lowest BCUT2D eigenvalue weighted by atomic mass is 9.84. The molecule has 1 aliphatic heterocycles. The van der Waals surface area contributed by atoms with Crippen LogP contribution in [-0.2, 0) is 18.9 Å². The normalized spacial score (nSPS) is 25.8. The Balaban J connectivity index is 1.40. The van der Waals surface area contributed by atoms with E-state index in [0.717, 1.165) is 64.1 Å². The molecule has 1 heterocycles. The van der Waals surface area contributed by atoms with Crippen molar-refractivity contribution >= 4 is 0 Å². The van der Waals surface area contributed by atoms with Crippen LogP contribution >= 0.6 is 0 Å². The highest BCUT2D eigenvalue weighted by Crippen LogP contribution is 2.29. The SMILES string of the molecule is CCCCCCCCC1CNC(C2CCC(OC[C@H](F)COCCOCCOCCCC)CC2)NC1. The molecule has 0 radical (unpaired) electrons. The Morgan fingerprint density at radius 3 is 2.00 bits per heavy atom. The number of ether oxygens (including phenoxy) is 4. The van der Waals surface area contributed by atoms with Gasteiger partial charge in [0.2, 0.25) is 0 Å². The van der Waals surface area contributed by atoms with Crippen molar-refractivity contribution in [3.63, 3.8) is 0 Å². The summed E-state index contributed by atoms with van der Waals surface area (Å²) in [5.41, 5.74) is 0. The van der Waals surface area contributed by atoms with Gasteiger partial charge in [-0.2, -0.15) is 0 Å². The first kappa shape index (κ1) is 31.9. The maximum Gasteiger partial charge on any atom is 0.147 e. The third kappa shape index (κ3) is 15.2. The minimum atomic E-state index is -1.08. The van der Waals surface area contributed by atoms with Crippen molar-refractivity contribution in [3.8, 4) is 0 Å². The van der Waals surface area contributed by atoms with Crippen LogP contribution in [0, 0.1) is 11.8 Å². The zero-order valence-electron chi connectivity index (χ0n) is 23.5. The first-order valence-corrected chi connectivity index (χ1v) is 15.2. The average Bonchev–Trinajstić information content (AvgIpc) is 2.91. The summed E-state index contributed by atoms with van der Waals surface area (Å²) in [5, 5.41) is 7.54. The van der Waals surface area contributed by atoms with Crippen LogP contribution in [0.25, 0.3) is 0 Å². The predicted molar refractivity (Wildman–Crippen MR) is 145 cm³/mol. The van der Waals surface area contributed by atoms with Crippen molar-refractivity contribution < 1.29 is 23.3 Å². The highest BCUT2D eigenvalue weighted by atomic mass is 19.1. The van der Waals surface area contributed by atoms with Gasteiger partial charge >= 0.3 is 0 Å². The number of nitrogens with one attached hydrogen (secondary N) is 2. The minimum absolute atomic E-state index is 0.0710. The van der Waals surface area contributed by atoms with E-state index in [1.165, 1.54) is 44.9 Å². The van der Waals surface area contributed by atoms with Crippen molar-refractivity contribution in [3.05, 3.63) is 0 Å². The Kier molecular flexibility index (Phi) is 19.1. The molecule has 2 N–H and O–H groups in total. The zero-order valence-corrected chi connectivity index (χ0v) is 23.5. The molecule has 6 nitrogen and oxygen atoms in total. The van der Waals surface area contributed by atoms with E-state index in [-0.39, 0.29) is 19.3 Å². The summed E-state index contributed by atoms with van der Waals surface area (Å²) in [6.45, 7) is 9.73. The van der Waals surface area contributed by atoms with Gasteiger partial charge in [0.15, 0.2) is 0 Å². The molecule has 1 atom stereocenters. The van der Waals surface area contributed by atoms with Crippen molar-refractivity contribution in [2.24, 2.45) is 11.8 Å². The Bertz CT molecular complexity index is 486. The molecule has 1 aliphatic carbocycles. The van der Waals surface area contributed by atoms with Crippen molar-refractivity contribution in [2.45, 2.75) is 116 Å². The maximum absolute atomic E-state index is 14.1. The van der Waals surface area contributed by atoms with Crippen LogP contribution in [-0.4, -0.2) is 77.8 Å². The Hall–Kier alpha value is -0.310. The van der Waals surface area contributed by atoms with Gasteiger partial charge in [-0.05, 0) is 50.4 Å². The van der Waals surface area contributed by atoms with Gasteiger partial charge in [0.25, 0.3) is 0 Å². The summed E-state index contributed by atoms with van der Waals surface area (Å²) in [6, 6.07) is 0. The molecule has 0 aromatic rings. The Labute approximate surface area is 221 Å². The van der Waals surface area contributed by atoms with Gasteiger partial charge in [-0.15, -0.1) is 0 Å². The Morgan fingerprint density at radius 1 is 0.694 bits per heavy atom. The summed E-state index contributed by atoms with van der Waals surface area (Å²) >= 11 is 0. The highest BCUT2D eigenvalue weighted by Gasteiger charge is 2.30. The molecule has 0 bridgehead atoms. The quantitative estimate of drug-likeness (QED) is 0.182. The molecule has 214 valence electrons. The molecule has 0 unspecified atom stereocenters. The lowest BCUT2D eigenvalue weighted by molar-refractivity contribution is -0.0415. The molecule has 0 aromatic carbocycles. The number of unbranched alkanes of at least 4 members (excludes halogenated alkanes) is 6. The van der Waals surface area contributed by atoms with E-state index in [2.05, 4.69) is 24.5 Å². The fourth-order valence-electron chi connectivity index (χ4n) is 5.26. The number of hydrogen-bond donors (Lipinski definition) is 2. The topological polar surface area (TPSA) is 61.0 Å². The third-order valence-electron chi connectivity index (χ3n) is 7.61. The lowest BCUT2D eigenvalue weighted by Gasteiger charge is -2.39. The predicted octanol–water partition coefficient (Wildman–Crippen LogP) is 5.64. The van der Waals surface area contributed by atoms with E-state index < -0.39 is 6.17 Å². The van der Waals surface area contributed by atoms with Crippen LogP contribution in [0.4, 0.5) is 4.39 Å². The summed E-state index contributed by atoms with van der Waals surface area (Å²) < 4.78 is 36.3. The molecule has 0 amide bonds. The molecule has 1 saturated heterocycles. The first-order chi connectivity index (χ1) is 17.7. The van der Waals surface area contributed by atoms with Crippen molar-refractivity contribution in [1.82, 2.24) is 10.6 Å². The highest BCUT2D eigenvalue weighted by molar-refractivity contribution is 4.85. The van der Waals surface area contributed by atoms with Crippen LogP contribution in [0.15, 0.2) is 0 Å². The van der Waals surface area contributed by atoms with Gasteiger partial charge in [-0.3, -0.25) is 0 Å². The van der Waals surface area contributed by atoms with E-state index in [4.69, 9.17) is 18.9 Å². The molecule has 2 aliphatic rings. The van der Waals surface area contributed by atoms with Crippen LogP contribution in [0.5, 0.6) is 0 Å². The largest absolute Gasteiger partial charge is 0.379 e. The molecule has 0 spiro atoms. The van der Waals surface area contributed by atoms with E-state index >= 15 is 0 Å². The molecular weight excluding hydrogens is 459 g/mol. The van der Waals surface area contributed by atoms with Crippen molar-refractivity contribution in [1.29, 1.82) is 0 Å². The van der Waals surface area contributed by atoms with Gasteiger partial charge in [0.05, 0.1) is 51.9 Å². The standard InChI is InChI=1S/C29H57FN2O4/c1-3-5-7-8-9-10-11-25-21-31-29(32-22-25)26-12-14-28(15-13-26)36-24-27(30)23-35-20-19-34-18-17-33-16-6-4-2/h25-29,31-32H,3-24H2,1-2H3/t25?,26?,27-,28?,29?/m1/s1. The third-order valence-corrected chi connectivity index (χ3v) is 7.61. The monoisotopic (exact) mass is 516 g/mol. The first-order valence-electron chi connectivity index (χ1n) is 15.2. The fourth-order valence-corrected chi connectivity index (χ4v) is 5.26. The van der Waals surface area contributed by atoms with Gasteiger partial charge in [0.1, 0.15) is 6.17 Å². The molecule has 7 heteroatoms. The average molecular weight is 517 g/mol. The molecular formula is C29H57FN2O4. The van der Waals surface area contributed by atoms with E-state index in [1.54, 1.807) is 0 Å². The smallest absolute Gasteiger partial charge is 0.147 e. The second-order valence-electron chi connectivity index (χ2n) is 10.8. The van der Waals surface area contributed by atoms with Gasteiger partial charge in [0, 0.05) is 19.7 Å². The lowest BCUT2D eigenvalue weighted by Crippen LogP contribution is -2.56. The van der Waals surface area contributed by atoms with E-state index in [9.17, 15) is 4.39 Å². The zero-order chi connectivity index (χ0) is 25.7. The second-order valence-corrected chi connectivity index (χ2v) is 10.8. The summed E-state index contributed by atoms with van der Waals surface area (Å²) in [4.78, 5) is 0. The number of halogens is 1. The number of hydrogen-bond acceptors (Lipinski definition) is 6. The van der Waals surface area contributed by atoms with Crippen LogP contribution in [0.3, 0.4) is 0 Å². The van der Waals surface area contributed by atoms with Gasteiger partial charge < -0.3 is 29.6 Å². The number of rotatable bonds is 22. The van der Waals surface area contributed by atoms with Crippen LogP contribution in [0.2, 0.25) is 0 Å². The molecule has 2 fully saturated rings. The summed E-state index contributed by atoms with van der Waals surface area (Å²) in [7, 11) is 0. The van der Waals surface area contributed by atoms with Gasteiger partial charge in [-0.1, -0.05) is 58.8 Å². The molecule has 0 aromatic heterocycles. The summed E-state index contributed by atoms with van der Waals surface area (Å²) in [5.74, 6) is 1.42. The van der Waals surface area contributed by atoms with Gasteiger partial charge in [-0.25, -0.2) is 4.39 Å². The Morgan fingerprint density at radius 2 is 1.31 bits per heavy atom. The minimum Gasteiger partial charge on any atom is -0.379 e. The van der Waals surface area contributed by atoms with E-state index in [0.29, 0.717) is 38.5 Å². The van der Waals surface area contributed by atoms with Crippen molar-refractivity contribution in [2.75, 3.05) is 59.3 Å². The number of alkyl halides is 1. The molecule has 1 saturated carbocycles. The van der Waals surface area contributed by atoms with Crippen LogP contribution < -0.4 is 10.6 Å². The second kappa shape index (κ2) is 21.6. The maximum atomic E-state index is 14.1. The molecule has 36 heavy (non-hydrogen) atoms. The van der Waals surface area contributed by atoms with Crippen LogP contribution in [0.1, 0.15) is 97.3 Å². The summed E-state index contributed by atoms with van der Waals surface area (Å²) in [6.07, 6.45) is 15.7. The van der Waals surface area contributed by atoms with E-state index in [1.807, 2.05) is 0 Å². The molecule has 2 rings (SSSR count). The fraction of sp³-hybridized carbons (Fsp3) is 1.00.